The maximum Gasteiger partial charge on any atom is 0.270 e. The summed E-state index contributed by atoms with van der Waals surface area (Å²) in [5.41, 5.74) is 4.07. The summed E-state index contributed by atoms with van der Waals surface area (Å²) in [4.78, 5) is 32.1. The van der Waals surface area contributed by atoms with E-state index in [1.54, 1.807) is 0 Å². The molecule has 0 unspecified atom stereocenters. The van der Waals surface area contributed by atoms with Crippen LogP contribution in [-0.4, -0.2) is 23.3 Å². The van der Waals surface area contributed by atoms with Crippen LogP contribution in [-0.2, 0) is 4.79 Å². The second kappa shape index (κ2) is 5.89. The number of nitrogens with two attached hydrogens (primary N) is 1. The number of nitrogens with zero attached hydrogens (tertiary/aromatic N) is 1. The number of hydrogen-bond donors (Lipinski definition) is 2. The second-order valence-corrected chi connectivity index (χ2v) is 3.85. The Kier molecular flexibility index (Phi) is 4.51. The van der Waals surface area contributed by atoms with Gasteiger partial charge in [0.25, 0.3) is 11.6 Å². The summed E-state index contributed by atoms with van der Waals surface area (Å²) >= 11 is 0. The third-order valence-electron chi connectivity index (χ3n) is 2.35. The van der Waals surface area contributed by atoms with Crippen molar-refractivity contribution in [2.45, 2.75) is 13.3 Å². The van der Waals surface area contributed by atoms with Gasteiger partial charge in [0.15, 0.2) is 0 Å². The monoisotopic (exact) mass is 269 g/mol. The standard InChI is InChI=1S/C11H12FN3O4/c1-6-4-7(15(18)19)5-8(10(6)12)11(17)14-3-2-9(13)16/h4-5H,2-3H2,1H3,(H2,13,16)(H,14,17). The largest absolute Gasteiger partial charge is 0.370 e. The van der Waals surface area contributed by atoms with Crippen LogP contribution in [0.15, 0.2) is 12.1 Å². The second-order valence-electron chi connectivity index (χ2n) is 3.85. The Hall–Kier alpha value is -2.51. The molecule has 0 radical (unpaired) electrons. The van der Waals surface area contributed by atoms with E-state index in [9.17, 15) is 24.1 Å². The van der Waals surface area contributed by atoms with Gasteiger partial charge in [-0.1, -0.05) is 0 Å². The number of aryl methyl sites for hydroxylation is 1. The molecule has 0 bridgehead atoms. The smallest absolute Gasteiger partial charge is 0.270 e. The van der Waals surface area contributed by atoms with Crippen molar-refractivity contribution >= 4 is 17.5 Å². The van der Waals surface area contributed by atoms with Gasteiger partial charge in [-0.2, -0.15) is 0 Å². The number of amides is 2. The van der Waals surface area contributed by atoms with Crippen molar-refractivity contribution in [1.29, 1.82) is 0 Å². The third kappa shape index (κ3) is 3.73. The van der Waals surface area contributed by atoms with Crippen LogP contribution < -0.4 is 11.1 Å². The molecule has 0 aromatic heterocycles. The van der Waals surface area contributed by atoms with Gasteiger partial charge in [-0.05, 0) is 12.5 Å². The number of carbonyl (C=O) groups is 2. The zero-order valence-corrected chi connectivity index (χ0v) is 10.1. The van der Waals surface area contributed by atoms with E-state index < -0.39 is 28.1 Å². The van der Waals surface area contributed by atoms with E-state index in [0.29, 0.717) is 0 Å². The van der Waals surface area contributed by atoms with Crippen molar-refractivity contribution < 1.29 is 18.9 Å². The van der Waals surface area contributed by atoms with E-state index in [1.165, 1.54) is 6.92 Å². The molecule has 1 rings (SSSR count). The van der Waals surface area contributed by atoms with Crippen LogP contribution in [0.5, 0.6) is 0 Å². The third-order valence-corrected chi connectivity index (χ3v) is 2.35. The average Bonchev–Trinajstić information content (AvgIpc) is 2.31. The first-order valence-electron chi connectivity index (χ1n) is 5.34. The predicted octanol–water partition coefficient (Wildman–Crippen LogP) is 0.648. The number of benzene rings is 1. The molecule has 1 aromatic rings. The minimum absolute atomic E-state index is 0.00532. The molecule has 0 heterocycles. The maximum absolute atomic E-state index is 13.7. The van der Waals surface area contributed by atoms with E-state index in [-0.39, 0.29) is 24.2 Å². The van der Waals surface area contributed by atoms with Crippen LogP contribution in [0.3, 0.4) is 0 Å². The summed E-state index contributed by atoms with van der Waals surface area (Å²) in [6, 6.07) is 1.89. The van der Waals surface area contributed by atoms with Crippen LogP contribution in [0.2, 0.25) is 0 Å². The zero-order chi connectivity index (χ0) is 14.6. The summed E-state index contributed by atoms with van der Waals surface area (Å²) in [6.45, 7) is 1.26. The Morgan fingerprint density at radius 1 is 1.47 bits per heavy atom. The Morgan fingerprint density at radius 2 is 2.11 bits per heavy atom. The van der Waals surface area contributed by atoms with Gasteiger partial charge in [0.1, 0.15) is 5.82 Å². The molecule has 0 aliphatic heterocycles. The number of carbonyl (C=O) groups excluding carboxylic acids is 2. The predicted molar refractivity (Wildman–Crippen MR) is 63.9 cm³/mol. The lowest BCUT2D eigenvalue weighted by atomic mass is 10.1. The van der Waals surface area contributed by atoms with Gasteiger partial charge in [0.2, 0.25) is 5.91 Å². The zero-order valence-electron chi connectivity index (χ0n) is 10.1. The number of rotatable bonds is 5. The summed E-state index contributed by atoms with van der Waals surface area (Å²) < 4.78 is 13.7. The molecule has 7 nitrogen and oxygen atoms in total. The Bertz CT molecular complexity index is 545. The average molecular weight is 269 g/mol. The van der Waals surface area contributed by atoms with E-state index in [0.717, 1.165) is 12.1 Å². The first kappa shape index (κ1) is 14.6. The first-order valence-corrected chi connectivity index (χ1v) is 5.34. The van der Waals surface area contributed by atoms with Crippen LogP contribution in [0.4, 0.5) is 10.1 Å². The van der Waals surface area contributed by atoms with Crippen LogP contribution in [0, 0.1) is 22.9 Å². The fraction of sp³-hybridized carbons (Fsp3) is 0.273. The first-order chi connectivity index (χ1) is 8.82. The molecule has 0 saturated carbocycles. The van der Waals surface area contributed by atoms with Gasteiger partial charge >= 0.3 is 0 Å². The van der Waals surface area contributed by atoms with E-state index in [1.807, 2.05) is 0 Å². The normalized spacial score (nSPS) is 10.0. The van der Waals surface area contributed by atoms with Gasteiger partial charge in [0.05, 0.1) is 10.5 Å². The topological polar surface area (TPSA) is 115 Å². The molecular formula is C11H12FN3O4. The maximum atomic E-state index is 13.7. The summed E-state index contributed by atoms with van der Waals surface area (Å²) in [6.07, 6.45) is -0.0960. The van der Waals surface area contributed by atoms with Crippen molar-refractivity contribution in [3.05, 3.63) is 39.2 Å². The van der Waals surface area contributed by atoms with Crippen molar-refractivity contribution in [1.82, 2.24) is 5.32 Å². The molecule has 8 heteroatoms. The number of hydrogen-bond acceptors (Lipinski definition) is 4. The Morgan fingerprint density at radius 3 is 2.63 bits per heavy atom. The number of nitrogens with one attached hydrogen (secondary N) is 1. The van der Waals surface area contributed by atoms with Crippen molar-refractivity contribution in [3.63, 3.8) is 0 Å². The molecule has 0 saturated heterocycles. The Balaban J connectivity index is 2.95. The van der Waals surface area contributed by atoms with Crippen LogP contribution >= 0.6 is 0 Å². The van der Waals surface area contributed by atoms with Crippen molar-refractivity contribution in [3.8, 4) is 0 Å². The molecule has 0 aliphatic carbocycles. The van der Waals surface area contributed by atoms with Crippen LogP contribution in [0.1, 0.15) is 22.3 Å². The SMILES string of the molecule is Cc1cc([N+](=O)[O-])cc(C(=O)NCCC(N)=O)c1F. The molecule has 102 valence electrons. The fourth-order valence-corrected chi connectivity index (χ4v) is 1.42. The highest BCUT2D eigenvalue weighted by Crippen LogP contribution is 2.20. The molecule has 3 N–H and O–H groups in total. The molecular weight excluding hydrogens is 257 g/mol. The van der Waals surface area contributed by atoms with Gasteiger partial charge in [-0.25, -0.2) is 4.39 Å². The molecule has 19 heavy (non-hydrogen) atoms. The van der Waals surface area contributed by atoms with Crippen LogP contribution in [0.25, 0.3) is 0 Å². The molecule has 0 atom stereocenters. The lowest BCUT2D eigenvalue weighted by Crippen LogP contribution is -2.28. The van der Waals surface area contributed by atoms with Gasteiger partial charge in [0, 0.05) is 25.1 Å². The van der Waals surface area contributed by atoms with Crippen molar-refractivity contribution in [2.75, 3.05) is 6.54 Å². The van der Waals surface area contributed by atoms with Crippen molar-refractivity contribution in [2.24, 2.45) is 5.73 Å². The van der Waals surface area contributed by atoms with Gasteiger partial charge in [-0.3, -0.25) is 19.7 Å². The molecule has 0 fully saturated rings. The molecule has 0 spiro atoms. The summed E-state index contributed by atoms with van der Waals surface area (Å²) in [5.74, 6) is -2.27. The summed E-state index contributed by atoms with van der Waals surface area (Å²) in [7, 11) is 0. The highest BCUT2D eigenvalue weighted by Gasteiger charge is 2.19. The molecule has 1 aromatic carbocycles. The highest BCUT2D eigenvalue weighted by atomic mass is 19.1. The minimum atomic E-state index is -0.831. The molecule has 0 aliphatic rings. The number of halogens is 1. The quantitative estimate of drug-likeness (QED) is 0.603. The van der Waals surface area contributed by atoms with Gasteiger partial charge in [-0.15, -0.1) is 0 Å². The number of primary amides is 1. The van der Waals surface area contributed by atoms with E-state index in [4.69, 9.17) is 5.73 Å². The number of non-ortho nitro benzene ring substituents is 1. The number of nitro groups is 1. The lowest BCUT2D eigenvalue weighted by Gasteiger charge is -2.06. The number of nitro benzene ring substituents is 1. The fourth-order valence-electron chi connectivity index (χ4n) is 1.42. The highest BCUT2D eigenvalue weighted by molar-refractivity contribution is 5.95. The minimum Gasteiger partial charge on any atom is -0.370 e. The Labute approximate surface area is 107 Å². The van der Waals surface area contributed by atoms with E-state index >= 15 is 0 Å². The molecule has 2 amide bonds. The van der Waals surface area contributed by atoms with E-state index in [2.05, 4.69) is 5.32 Å². The van der Waals surface area contributed by atoms with Gasteiger partial charge < -0.3 is 11.1 Å². The lowest BCUT2D eigenvalue weighted by molar-refractivity contribution is -0.385. The summed E-state index contributed by atoms with van der Waals surface area (Å²) in [5, 5.41) is 12.9.